The van der Waals surface area contributed by atoms with Crippen LogP contribution in [0.5, 0.6) is 0 Å². The molecular weight excluding hydrogens is 1230 g/mol. The molecule has 0 aliphatic rings. The summed E-state index contributed by atoms with van der Waals surface area (Å²) >= 11 is 0. The SMILES string of the molecule is C.CC.CC.CC.CC.CC.CC.CC.CC.CC.CC.CON(C)C(=O)c1c[c-]ccc1N.Nc1cc[c-]cc1C(=O)c1ccccc1.[W].[W].[W].[c-]1ccccc1. The van der Waals surface area contributed by atoms with Gasteiger partial charge >= 0.3 is 0 Å². The van der Waals surface area contributed by atoms with Gasteiger partial charge in [-0.25, -0.2) is 5.06 Å². The maximum Gasteiger partial charge on any atom is 0.223 e. The van der Waals surface area contributed by atoms with Crippen molar-refractivity contribution in [3.05, 3.63) is 132 Å². The van der Waals surface area contributed by atoms with Gasteiger partial charge in [0.2, 0.25) is 5.91 Å². The van der Waals surface area contributed by atoms with Gasteiger partial charge in [0.1, 0.15) is 5.78 Å². The van der Waals surface area contributed by atoms with Crippen LogP contribution in [0.4, 0.5) is 11.4 Å². The van der Waals surface area contributed by atoms with Crippen LogP contribution in [0.3, 0.4) is 0 Å². The van der Waals surface area contributed by atoms with Crippen LogP contribution in [0.25, 0.3) is 0 Å². The molecule has 0 spiro atoms. The predicted molar refractivity (Wildman–Crippen MR) is 254 cm³/mol. The quantitative estimate of drug-likeness (QED) is 0.0918. The molecule has 4 aromatic rings. The van der Waals surface area contributed by atoms with Crippen molar-refractivity contribution in [2.75, 3.05) is 25.6 Å². The van der Waals surface area contributed by atoms with E-state index in [2.05, 4.69) is 18.2 Å². The van der Waals surface area contributed by atoms with Crippen molar-refractivity contribution >= 4 is 23.1 Å². The molecule has 0 radical (unpaired) electrons. The molecule has 9 heteroatoms. The maximum atomic E-state index is 12.0. The fourth-order valence-corrected chi connectivity index (χ4v) is 2.61. The number of amides is 1. The summed E-state index contributed by atoms with van der Waals surface area (Å²) in [5, 5.41) is 1.11. The molecule has 58 heavy (non-hydrogen) atoms. The first-order chi connectivity index (χ1) is 26.5. The summed E-state index contributed by atoms with van der Waals surface area (Å²) in [4.78, 5) is 28.2. The summed E-state index contributed by atoms with van der Waals surface area (Å²) in [6.45, 7) is 40.0. The number of ketones is 1. The first-order valence-corrected chi connectivity index (χ1v) is 20.3. The molecule has 0 unspecified atom stereocenters. The van der Waals surface area contributed by atoms with Gasteiger partial charge in [0, 0.05) is 75.8 Å². The number of benzene rings is 4. The Hall–Kier alpha value is -2.36. The second kappa shape index (κ2) is 90.7. The van der Waals surface area contributed by atoms with Crippen LogP contribution in [0.15, 0.2) is 97.1 Å². The number of carbonyl (C=O) groups excluding carboxylic acids is 2. The molecule has 340 valence electrons. The van der Waals surface area contributed by atoms with E-state index in [4.69, 9.17) is 16.3 Å². The smallest absolute Gasteiger partial charge is 0.223 e. The zero-order valence-electron chi connectivity index (χ0n) is 40.3. The van der Waals surface area contributed by atoms with E-state index in [1.807, 2.05) is 187 Å². The van der Waals surface area contributed by atoms with Gasteiger partial charge in [-0.2, -0.15) is 72.8 Å². The van der Waals surface area contributed by atoms with Gasteiger partial charge in [0.25, 0.3) is 0 Å². The molecule has 0 aromatic heterocycles. The second-order valence-corrected chi connectivity index (χ2v) is 6.78. The maximum absolute atomic E-state index is 12.0. The number of nitrogens with two attached hydrogens (primary N) is 2. The molecule has 0 atom stereocenters. The van der Waals surface area contributed by atoms with Crippen molar-refractivity contribution in [3.8, 4) is 0 Å². The fraction of sp³-hybridized carbons (Fsp3) is 0.469. The van der Waals surface area contributed by atoms with Crippen molar-refractivity contribution in [1.29, 1.82) is 0 Å². The molecule has 0 saturated carbocycles. The van der Waals surface area contributed by atoms with E-state index in [9.17, 15) is 9.59 Å². The van der Waals surface area contributed by atoms with E-state index in [1.54, 1.807) is 42.5 Å². The minimum absolute atomic E-state index is 0. The Balaban J connectivity index is -0.0000000391. The van der Waals surface area contributed by atoms with Crippen molar-refractivity contribution < 1.29 is 77.6 Å². The van der Waals surface area contributed by atoms with E-state index in [1.165, 1.54) is 20.2 Å². The molecular formula is C49H90N3O3W3-3. The number of nitrogen functional groups attached to an aromatic ring is 2. The molecule has 0 saturated heterocycles. The molecule has 0 aliphatic carbocycles. The van der Waals surface area contributed by atoms with Crippen LogP contribution in [-0.4, -0.2) is 30.9 Å². The van der Waals surface area contributed by atoms with Gasteiger partial charge < -0.3 is 16.3 Å². The summed E-state index contributed by atoms with van der Waals surface area (Å²) in [5.41, 5.74) is 13.8. The number of rotatable bonds is 4. The zero-order valence-corrected chi connectivity index (χ0v) is 49.1. The molecule has 0 fully saturated rings. The molecule has 4 aromatic carbocycles. The summed E-state index contributed by atoms with van der Waals surface area (Å²) in [5.74, 6) is -0.346. The molecule has 0 bridgehead atoms. The van der Waals surface area contributed by atoms with Gasteiger partial charge in [0.05, 0.1) is 7.11 Å². The average molecular weight is 1320 g/mol. The normalized spacial score (nSPS) is 6.59. The van der Waals surface area contributed by atoms with E-state index < -0.39 is 0 Å². The Labute approximate surface area is 406 Å². The van der Waals surface area contributed by atoms with Gasteiger partial charge in [0.15, 0.2) is 0 Å². The van der Waals surface area contributed by atoms with Gasteiger partial charge in [-0.15, -0.1) is 12.1 Å². The van der Waals surface area contributed by atoms with E-state index in [0.29, 0.717) is 28.1 Å². The third-order valence-electron chi connectivity index (χ3n) is 4.47. The van der Waals surface area contributed by atoms with Crippen molar-refractivity contribution in [2.45, 2.75) is 146 Å². The van der Waals surface area contributed by atoms with Crippen LogP contribution < -0.4 is 11.5 Å². The zero-order chi connectivity index (χ0) is 44.8. The molecule has 4 rings (SSSR count). The number of hydrogen-bond donors (Lipinski definition) is 2. The predicted octanol–water partition coefficient (Wildman–Crippen LogP) is 15.4. The van der Waals surface area contributed by atoms with Crippen LogP contribution in [0.2, 0.25) is 0 Å². The number of anilines is 2. The van der Waals surface area contributed by atoms with Crippen LogP contribution in [-0.2, 0) is 68.0 Å². The van der Waals surface area contributed by atoms with Crippen LogP contribution in [0, 0.1) is 18.2 Å². The monoisotopic (exact) mass is 1320 g/mol. The molecule has 0 aliphatic heterocycles. The minimum Gasteiger partial charge on any atom is -0.419 e. The first-order valence-electron chi connectivity index (χ1n) is 20.3. The summed E-state index contributed by atoms with van der Waals surface area (Å²) in [6, 6.07) is 37.0. The number of carbonyl (C=O) groups is 2. The van der Waals surface area contributed by atoms with Gasteiger partial charge in [-0.05, 0) is 5.56 Å². The third kappa shape index (κ3) is 55.7. The molecule has 4 N–H and O–H groups in total. The first kappa shape index (κ1) is 91.4. The Morgan fingerprint density at radius 3 is 1.05 bits per heavy atom. The summed E-state index contributed by atoms with van der Waals surface area (Å²) in [7, 11) is 2.94. The van der Waals surface area contributed by atoms with Crippen LogP contribution in [0.1, 0.15) is 172 Å². The minimum atomic E-state index is -0.281. The molecule has 6 nitrogen and oxygen atoms in total. The Kier molecular flexibility index (Phi) is 143. The third-order valence-corrected chi connectivity index (χ3v) is 4.47. The Morgan fingerprint density at radius 2 is 0.793 bits per heavy atom. The van der Waals surface area contributed by atoms with Gasteiger partial charge in [-0.3, -0.25) is 9.63 Å². The summed E-state index contributed by atoms with van der Waals surface area (Å²) in [6.07, 6.45) is 0. The number of nitrogens with zero attached hydrogens (tertiary/aromatic N) is 1. The number of hydroxylamine groups is 2. The fourth-order valence-electron chi connectivity index (χ4n) is 2.61. The van der Waals surface area contributed by atoms with E-state index in [-0.39, 0.29) is 82.3 Å². The standard InChI is InChI=1S/C13H10NO.C9H11N2O2.C6H5.10C2H6.CH4.3W/c14-12-9-5-4-8-11(12)13(15)10-6-2-1-3-7-10;1-11(13-2)9(12)7-5-3-4-6-8(7)10;1-2-4-6-5-3-1;10*1-2;;;;/h1-3,5-9H,14H2;4-6H,10H2,1-2H3;1-5H;10*1-2H3;1H4;;;/q3*-1;;;;;;;;;;;;;;. The largest absolute Gasteiger partial charge is 0.419 e. The van der Waals surface area contributed by atoms with E-state index >= 15 is 0 Å². The van der Waals surface area contributed by atoms with Crippen LogP contribution >= 0.6 is 0 Å². The summed E-state index contributed by atoms with van der Waals surface area (Å²) < 4.78 is 0. The van der Waals surface area contributed by atoms with E-state index in [0.717, 1.165) is 5.06 Å². The van der Waals surface area contributed by atoms with Gasteiger partial charge in [-0.1, -0.05) is 193 Å². The van der Waals surface area contributed by atoms with Crippen molar-refractivity contribution in [1.82, 2.24) is 5.06 Å². The van der Waals surface area contributed by atoms with Crippen molar-refractivity contribution in [2.24, 2.45) is 0 Å². The molecule has 0 heterocycles. The second-order valence-electron chi connectivity index (χ2n) is 6.78. The van der Waals surface area contributed by atoms with Crippen molar-refractivity contribution in [3.63, 3.8) is 0 Å². The Bertz CT molecular complexity index is 1160. The molecule has 1 amide bonds. The topological polar surface area (TPSA) is 98.7 Å². The number of hydrogen-bond acceptors (Lipinski definition) is 5. The average Bonchev–Trinajstić information content (AvgIpc) is 3.31. The Morgan fingerprint density at radius 1 is 0.483 bits per heavy atom.